The van der Waals surface area contributed by atoms with Crippen LogP contribution in [0.25, 0.3) is 11.7 Å². The van der Waals surface area contributed by atoms with Gasteiger partial charge in [-0.2, -0.15) is 0 Å². The lowest BCUT2D eigenvalue weighted by molar-refractivity contribution is -0.122. The summed E-state index contributed by atoms with van der Waals surface area (Å²) in [4.78, 5) is 35.5. The highest BCUT2D eigenvalue weighted by Gasteiger charge is 2.33. The first kappa shape index (κ1) is 21.1. The van der Waals surface area contributed by atoms with Gasteiger partial charge in [-0.05, 0) is 42.9 Å². The maximum atomic E-state index is 13.4. The fourth-order valence-electron chi connectivity index (χ4n) is 4.34. The second-order valence-corrected chi connectivity index (χ2v) is 9.94. The van der Waals surface area contributed by atoms with Gasteiger partial charge < -0.3 is 4.90 Å². The summed E-state index contributed by atoms with van der Waals surface area (Å²) < 4.78 is 2.09. The van der Waals surface area contributed by atoms with Crippen molar-refractivity contribution >= 4 is 51.7 Å². The number of carbonyl (C=O) groups excluding carboxylic acids is 1. The van der Waals surface area contributed by atoms with Crippen LogP contribution in [0, 0.1) is 11.8 Å². The summed E-state index contributed by atoms with van der Waals surface area (Å²) in [5.41, 5.74) is 0.901. The Morgan fingerprint density at radius 3 is 2.67 bits per heavy atom. The van der Waals surface area contributed by atoms with E-state index < -0.39 is 0 Å². The molecule has 0 aliphatic carbocycles. The summed E-state index contributed by atoms with van der Waals surface area (Å²) in [6, 6.07) is 5.53. The Hall–Kier alpha value is -2.19. The number of thioether (sulfide) groups is 1. The third kappa shape index (κ3) is 3.90. The van der Waals surface area contributed by atoms with E-state index >= 15 is 0 Å². The van der Waals surface area contributed by atoms with Gasteiger partial charge in [-0.25, -0.2) is 4.98 Å². The van der Waals surface area contributed by atoms with Gasteiger partial charge >= 0.3 is 0 Å². The van der Waals surface area contributed by atoms with Gasteiger partial charge in [0.05, 0.1) is 10.5 Å². The van der Waals surface area contributed by atoms with E-state index in [9.17, 15) is 9.59 Å². The summed E-state index contributed by atoms with van der Waals surface area (Å²) >= 11 is 6.65. The molecule has 2 aliphatic rings. The normalized spacial score (nSPS) is 23.8. The van der Waals surface area contributed by atoms with E-state index in [-0.39, 0.29) is 11.5 Å². The molecule has 2 aromatic heterocycles. The molecule has 0 N–H and O–H groups in total. The van der Waals surface area contributed by atoms with Gasteiger partial charge in [-0.1, -0.05) is 50.8 Å². The fraction of sp³-hybridized carbons (Fsp3) is 0.455. The van der Waals surface area contributed by atoms with Crippen molar-refractivity contribution in [2.45, 2.75) is 33.6 Å². The van der Waals surface area contributed by atoms with Crippen LogP contribution in [0.4, 0.5) is 5.82 Å². The first-order valence-electron chi connectivity index (χ1n) is 10.4. The zero-order valence-corrected chi connectivity index (χ0v) is 19.1. The molecule has 2 saturated heterocycles. The van der Waals surface area contributed by atoms with Crippen LogP contribution in [0.2, 0.25) is 0 Å². The lowest BCUT2D eigenvalue weighted by Gasteiger charge is -2.36. The minimum Gasteiger partial charge on any atom is -0.355 e. The molecule has 4 rings (SSSR count). The lowest BCUT2D eigenvalue weighted by Crippen LogP contribution is -2.40. The van der Waals surface area contributed by atoms with Crippen LogP contribution in [0.1, 0.15) is 39.2 Å². The number of amides is 1. The van der Waals surface area contributed by atoms with Crippen molar-refractivity contribution in [1.29, 1.82) is 0 Å². The topological polar surface area (TPSA) is 57.9 Å². The van der Waals surface area contributed by atoms with Gasteiger partial charge in [0.15, 0.2) is 0 Å². The summed E-state index contributed by atoms with van der Waals surface area (Å²) in [5.74, 6) is 1.56. The minimum absolute atomic E-state index is 0.129. The van der Waals surface area contributed by atoms with Crippen molar-refractivity contribution in [3.05, 3.63) is 45.2 Å². The maximum absolute atomic E-state index is 13.4. The predicted octanol–water partition coefficient (Wildman–Crippen LogP) is 3.79. The average molecular weight is 443 g/mol. The molecule has 0 aromatic carbocycles. The molecular weight excluding hydrogens is 416 g/mol. The second kappa shape index (κ2) is 8.51. The van der Waals surface area contributed by atoms with Crippen LogP contribution in [0.3, 0.4) is 0 Å². The van der Waals surface area contributed by atoms with Crippen molar-refractivity contribution in [2.75, 3.05) is 24.5 Å². The molecule has 2 fully saturated rings. The van der Waals surface area contributed by atoms with Crippen molar-refractivity contribution in [1.82, 2.24) is 14.3 Å². The lowest BCUT2D eigenvalue weighted by atomic mass is 9.91. The molecule has 2 atom stereocenters. The van der Waals surface area contributed by atoms with Gasteiger partial charge in [0.1, 0.15) is 15.8 Å². The largest absolute Gasteiger partial charge is 0.355 e. The molecule has 158 valence electrons. The zero-order valence-electron chi connectivity index (χ0n) is 17.5. The summed E-state index contributed by atoms with van der Waals surface area (Å²) in [6.07, 6.45) is 5.40. The Morgan fingerprint density at radius 2 is 1.97 bits per heavy atom. The maximum Gasteiger partial charge on any atom is 0.267 e. The molecular formula is C22H26N4O2S2. The molecule has 30 heavy (non-hydrogen) atoms. The van der Waals surface area contributed by atoms with Crippen molar-refractivity contribution in [3.63, 3.8) is 0 Å². The van der Waals surface area contributed by atoms with E-state index in [2.05, 4.69) is 18.7 Å². The number of thiocarbonyl (C=S) groups is 1. The number of rotatable bonds is 4. The molecule has 0 unspecified atom stereocenters. The Morgan fingerprint density at radius 1 is 1.23 bits per heavy atom. The highest BCUT2D eigenvalue weighted by Crippen LogP contribution is 2.34. The van der Waals surface area contributed by atoms with E-state index in [1.165, 1.54) is 11.8 Å². The first-order valence-corrected chi connectivity index (χ1v) is 11.6. The Kier molecular flexibility index (Phi) is 5.97. The number of pyridine rings is 1. The molecule has 6 nitrogen and oxygen atoms in total. The second-order valence-electron chi connectivity index (χ2n) is 8.27. The molecule has 2 aromatic rings. The van der Waals surface area contributed by atoms with E-state index in [4.69, 9.17) is 17.2 Å². The van der Waals surface area contributed by atoms with Crippen LogP contribution in [0.15, 0.2) is 34.1 Å². The first-order chi connectivity index (χ1) is 14.4. The van der Waals surface area contributed by atoms with Gasteiger partial charge in [0.2, 0.25) is 0 Å². The summed E-state index contributed by atoms with van der Waals surface area (Å²) in [7, 11) is 0. The van der Waals surface area contributed by atoms with Gasteiger partial charge in [-0.15, -0.1) is 0 Å². The molecule has 1 amide bonds. The number of nitrogens with zero attached hydrogens (tertiary/aromatic N) is 4. The van der Waals surface area contributed by atoms with Crippen LogP contribution in [0.5, 0.6) is 0 Å². The van der Waals surface area contributed by atoms with Crippen molar-refractivity contribution in [2.24, 2.45) is 11.8 Å². The van der Waals surface area contributed by atoms with Gasteiger partial charge in [0, 0.05) is 25.8 Å². The summed E-state index contributed by atoms with van der Waals surface area (Å²) in [6.45, 7) is 8.75. The average Bonchev–Trinajstić information content (AvgIpc) is 2.97. The minimum atomic E-state index is -0.165. The van der Waals surface area contributed by atoms with E-state index in [1.54, 1.807) is 21.6 Å². The third-order valence-corrected chi connectivity index (χ3v) is 6.89. The Labute approximate surface area is 186 Å². The molecule has 0 saturated carbocycles. The standard InChI is InChI=1S/C22H26N4O2S2/c1-4-8-26-21(28)17(30-22(26)29)11-16-19(24-12-14(2)10-15(3)13-24)23-18-7-5-6-9-25(18)20(16)27/h5-7,9,11,14-15H,4,8,10,12-13H2,1-3H3/b17-11-/t14-,15+. The van der Waals surface area contributed by atoms with Crippen molar-refractivity contribution in [3.8, 4) is 0 Å². The number of anilines is 1. The third-order valence-electron chi connectivity index (χ3n) is 5.51. The van der Waals surface area contributed by atoms with Gasteiger partial charge in [-0.3, -0.25) is 18.9 Å². The number of hydrogen-bond donors (Lipinski definition) is 0. The van der Waals surface area contributed by atoms with E-state index in [0.29, 0.717) is 44.6 Å². The number of fused-ring (bicyclic) bond motifs is 1. The number of aromatic nitrogens is 2. The quantitative estimate of drug-likeness (QED) is 0.530. The highest BCUT2D eigenvalue weighted by molar-refractivity contribution is 8.26. The predicted molar refractivity (Wildman–Crippen MR) is 127 cm³/mol. The van der Waals surface area contributed by atoms with Gasteiger partial charge in [0.25, 0.3) is 11.5 Å². The number of carbonyl (C=O) groups is 1. The van der Waals surface area contributed by atoms with E-state index in [0.717, 1.165) is 25.9 Å². The van der Waals surface area contributed by atoms with Crippen LogP contribution >= 0.6 is 24.0 Å². The molecule has 8 heteroatoms. The highest BCUT2D eigenvalue weighted by atomic mass is 32.2. The molecule has 0 radical (unpaired) electrons. The fourth-order valence-corrected chi connectivity index (χ4v) is 5.63. The summed E-state index contributed by atoms with van der Waals surface area (Å²) in [5, 5.41) is 0. The number of piperidine rings is 1. The molecule has 0 spiro atoms. The number of hydrogen-bond acceptors (Lipinski definition) is 6. The SMILES string of the molecule is CCCN1C(=O)/C(=C/c2c(N3C[C@H](C)C[C@H](C)C3)nc3ccccn3c2=O)SC1=S. The molecule has 4 heterocycles. The smallest absolute Gasteiger partial charge is 0.267 e. The Bertz CT molecular complexity index is 1080. The van der Waals surface area contributed by atoms with Crippen molar-refractivity contribution < 1.29 is 4.79 Å². The molecule has 2 aliphatic heterocycles. The van der Waals surface area contributed by atoms with Crippen LogP contribution < -0.4 is 10.5 Å². The van der Waals surface area contributed by atoms with Crippen LogP contribution in [-0.2, 0) is 4.79 Å². The van der Waals surface area contributed by atoms with Crippen LogP contribution in [-0.4, -0.2) is 44.1 Å². The Balaban J connectivity index is 1.86. The van der Waals surface area contributed by atoms with E-state index in [1.807, 2.05) is 25.1 Å². The molecule has 0 bridgehead atoms. The monoisotopic (exact) mass is 442 g/mol. The zero-order chi connectivity index (χ0) is 21.4.